The maximum absolute atomic E-state index is 9.01. The third-order valence-corrected chi connectivity index (χ3v) is 2.49. The number of hydrogen-bond donors (Lipinski definition) is 1. The molecule has 0 heterocycles. The molecule has 0 aromatic carbocycles. The fraction of sp³-hybridized carbons (Fsp3) is 0.923. The molecule has 1 unspecified atom stereocenters. The van der Waals surface area contributed by atoms with E-state index in [1.54, 1.807) is 0 Å². The minimum Gasteiger partial charge on any atom is -0.303 e. The molecule has 16 heavy (non-hydrogen) atoms. The smallest absolute Gasteiger partial charge is 0.0967 e. The van der Waals surface area contributed by atoms with Gasteiger partial charge in [0, 0.05) is 19.1 Å². The van der Waals surface area contributed by atoms with E-state index in [-0.39, 0.29) is 6.04 Å². The van der Waals surface area contributed by atoms with Gasteiger partial charge in [0.15, 0.2) is 0 Å². The van der Waals surface area contributed by atoms with Crippen LogP contribution in [-0.2, 0) is 0 Å². The zero-order valence-electron chi connectivity index (χ0n) is 11.5. The number of hydrogen-bond acceptors (Lipinski definition) is 3. The van der Waals surface area contributed by atoms with Crippen molar-refractivity contribution >= 4 is 0 Å². The van der Waals surface area contributed by atoms with Crippen LogP contribution < -0.4 is 5.32 Å². The molecule has 0 radical (unpaired) electrons. The van der Waals surface area contributed by atoms with E-state index in [1.165, 1.54) is 0 Å². The number of nitriles is 1. The van der Waals surface area contributed by atoms with E-state index in [9.17, 15) is 0 Å². The van der Waals surface area contributed by atoms with Crippen molar-refractivity contribution < 1.29 is 0 Å². The lowest BCUT2D eigenvalue weighted by atomic mass is 10.1. The van der Waals surface area contributed by atoms with E-state index in [4.69, 9.17) is 5.26 Å². The van der Waals surface area contributed by atoms with Crippen molar-refractivity contribution in [2.75, 3.05) is 19.6 Å². The molecule has 0 aromatic rings. The first-order chi connectivity index (χ1) is 7.49. The second-order valence-electron chi connectivity index (χ2n) is 5.08. The van der Waals surface area contributed by atoms with Crippen molar-refractivity contribution in [1.82, 2.24) is 10.2 Å². The average molecular weight is 225 g/mol. The lowest BCUT2D eigenvalue weighted by Crippen LogP contribution is -2.38. The largest absolute Gasteiger partial charge is 0.303 e. The standard InChI is InChI=1S/C13H27N3/c1-6-16(10-11(2)3)8-7-13(9-14)15-12(4)5/h11-13,15H,6-8,10H2,1-5H3. The minimum atomic E-state index is -0.0128. The summed E-state index contributed by atoms with van der Waals surface area (Å²) in [7, 11) is 0. The van der Waals surface area contributed by atoms with Crippen molar-refractivity contribution in [2.45, 2.75) is 53.1 Å². The van der Waals surface area contributed by atoms with Gasteiger partial charge in [0.25, 0.3) is 0 Å². The molecular weight excluding hydrogens is 198 g/mol. The molecule has 0 rings (SSSR count). The SMILES string of the molecule is CCN(CCC(C#N)NC(C)C)CC(C)C. The van der Waals surface area contributed by atoms with Crippen LogP contribution in [0.1, 0.15) is 41.0 Å². The predicted octanol–water partition coefficient (Wildman–Crippen LogP) is 2.24. The highest BCUT2D eigenvalue weighted by molar-refractivity contribution is 4.91. The zero-order valence-corrected chi connectivity index (χ0v) is 11.5. The summed E-state index contributed by atoms with van der Waals surface area (Å²) < 4.78 is 0. The van der Waals surface area contributed by atoms with Gasteiger partial charge in [0.2, 0.25) is 0 Å². The van der Waals surface area contributed by atoms with Gasteiger partial charge in [-0.1, -0.05) is 20.8 Å². The summed E-state index contributed by atoms with van der Waals surface area (Å²) in [5.41, 5.74) is 0. The quantitative estimate of drug-likeness (QED) is 0.688. The van der Waals surface area contributed by atoms with Gasteiger partial charge in [0.05, 0.1) is 12.1 Å². The van der Waals surface area contributed by atoms with Gasteiger partial charge in [-0.3, -0.25) is 5.32 Å². The van der Waals surface area contributed by atoms with Crippen LogP contribution in [0.15, 0.2) is 0 Å². The first-order valence-corrected chi connectivity index (χ1v) is 6.37. The maximum atomic E-state index is 9.01. The Balaban J connectivity index is 3.93. The van der Waals surface area contributed by atoms with Crippen LogP contribution in [0, 0.1) is 17.2 Å². The Hall–Kier alpha value is -0.590. The van der Waals surface area contributed by atoms with E-state index in [1.807, 2.05) is 0 Å². The highest BCUT2D eigenvalue weighted by Crippen LogP contribution is 2.02. The van der Waals surface area contributed by atoms with E-state index in [0.29, 0.717) is 12.0 Å². The molecule has 0 aromatic heterocycles. The second kappa shape index (κ2) is 8.55. The third-order valence-electron chi connectivity index (χ3n) is 2.49. The van der Waals surface area contributed by atoms with E-state index in [2.05, 4.69) is 50.9 Å². The summed E-state index contributed by atoms with van der Waals surface area (Å²) in [6, 6.07) is 2.70. The molecule has 0 spiro atoms. The predicted molar refractivity (Wildman–Crippen MR) is 69.2 cm³/mol. The van der Waals surface area contributed by atoms with Gasteiger partial charge in [-0.15, -0.1) is 0 Å². The third kappa shape index (κ3) is 7.67. The molecule has 0 amide bonds. The van der Waals surface area contributed by atoms with Crippen molar-refractivity contribution in [3.05, 3.63) is 0 Å². The molecule has 0 saturated carbocycles. The molecular formula is C13H27N3. The molecule has 0 saturated heterocycles. The molecule has 3 nitrogen and oxygen atoms in total. The molecule has 0 aliphatic carbocycles. The van der Waals surface area contributed by atoms with Crippen LogP contribution in [0.25, 0.3) is 0 Å². The topological polar surface area (TPSA) is 39.1 Å². The molecule has 0 aliphatic heterocycles. The lowest BCUT2D eigenvalue weighted by Gasteiger charge is -2.24. The summed E-state index contributed by atoms with van der Waals surface area (Å²) in [6.07, 6.45) is 0.912. The molecule has 94 valence electrons. The van der Waals surface area contributed by atoms with Gasteiger partial charge < -0.3 is 4.90 Å². The Kier molecular flexibility index (Phi) is 8.23. The Morgan fingerprint density at radius 2 is 1.88 bits per heavy atom. The molecule has 1 N–H and O–H groups in total. The normalized spacial score (nSPS) is 13.4. The van der Waals surface area contributed by atoms with E-state index in [0.717, 1.165) is 26.1 Å². The fourth-order valence-electron chi connectivity index (χ4n) is 1.79. The highest BCUT2D eigenvalue weighted by Gasteiger charge is 2.11. The first kappa shape index (κ1) is 15.4. The molecule has 3 heteroatoms. The van der Waals surface area contributed by atoms with Gasteiger partial charge in [-0.05, 0) is 32.7 Å². The minimum absolute atomic E-state index is 0.0128. The second-order valence-corrected chi connectivity index (χ2v) is 5.08. The van der Waals surface area contributed by atoms with E-state index >= 15 is 0 Å². The van der Waals surface area contributed by atoms with Gasteiger partial charge in [-0.25, -0.2) is 0 Å². The number of nitrogens with zero attached hydrogens (tertiary/aromatic N) is 2. The van der Waals surface area contributed by atoms with Gasteiger partial charge >= 0.3 is 0 Å². The number of nitrogens with one attached hydrogen (secondary N) is 1. The molecule has 0 bridgehead atoms. The van der Waals surface area contributed by atoms with Crippen molar-refractivity contribution in [2.24, 2.45) is 5.92 Å². The molecule has 0 fully saturated rings. The summed E-state index contributed by atoms with van der Waals surface area (Å²) >= 11 is 0. The van der Waals surface area contributed by atoms with Crippen LogP contribution in [-0.4, -0.2) is 36.6 Å². The first-order valence-electron chi connectivity index (χ1n) is 6.37. The summed E-state index contributed by atoms with van der Waals surface area (Å²) in [5.74, 6) is 0.693. The van der Waals surface area contributed by atoms with Gasteiger partial charge in [-0.2, -0.15) is 5.26 Å². The molecule has 0 aliphatic rings. The Bertz CT molecular complexity index is 206. The fourth-order valence-corrected chi connectivity index (χ4v) is 1.79. The Labute approximate surface area is 101 Å². The van der Waals surface area contributed by atoms with Crippen molar-refractivity contribution in [3.63, 3.8) is 0 Å². The molecule has 1 atom stereocenters. The number of rotatable bonds is 8. The Morgan fingerprint density at radius 3 is 2.25 bits per heavy atom. The zero-order chi connectivity index (χ0) is 12.6. The van der Waals surface area contributed by atoms with Crippen molar-refractivity contribution in [1.29, 1.82) is 5.26 Å². The summed E-state index contributed by atoms with van der Waals surface area (Å²) in [6.45, 7) is 14.0. The summed E-state index contributed by atoms with van der Waals surface area (Å²) in [5, 5.41) is 12.3. The average Bonchev–Trinajstić information content (AvgIpc) is 2.20. The van der Waals surface area contributed by atoms with Gasteiger partial charge in [0.1, 0.15) is 0 Å². The van der Waals surface area contributed by atoms with Crippen LogP contribution in [0.3, 0.4) is 0 Å². The lowest BCUT2D eigenvalue weighted by molar-refractivity contribution is 0.246. The summed E-state index contributed by atoms with van der Waals surface area (Å²) in [4.78, 5) is 2.41. The van der Waals surface area contributed by atoms with Crippen LogP contribution in [0.5, 0.6) is 0 Å². The van der Waals surface area contributed by atoms with Crippen LogP contribution in [0.2, 0.25) is 0 Å². The highest BCUT2D eigenvalue weighted by atomic mass is 15.1. The van der Waals surface area contributed by atoms with Crippen LogP contribution >= 0.6 is 0 Å². The van der Waals surface area contributed by atoms with E-state index < -0.39 is 0 Å². The maximum Gasteiger partial charge on any atom is 0.0967 e. The van der Waals surface area contributed by atoms with Crippen molar-refractivity contribution in [3.8, 4) is 6.07 Å². The Morgan fingerprint density at radius 1 is 1.25 bits per heavy atom. The van der Waals surface area contributed by atoms with Crippen LogP contribution in [0.4, 0.5) is 0 Å². The monoisotopic (exact) mass is 225 g/mol.